The van der Waals surface area contributed by atoms with Gasteiger partial charge < -0.3 is 4.90 Å². The van der Waals surface area contributed by atoms with Crippen molar-refractivity contribution in [2.45, 2.75) is 12.6 Å². The molecule has 3 nitrogen and oxygen atoms in total. The largest absolute Gasteiger partial charge is 0.361 e. The molecule has 0 aromatic heterocycles. The minimum absolute atomic E-state index is 0.161. The first-order chi connectivity index (χ1) is 14.1. The van der Waals surface area contributed by atoms with Crippen LogP contribution in [0.2, 0.25) is 10.0 Å². The number of piperazine rings is 1. The minimum atomic E-state index is 0.161. The van der Waals surface area contributed by atoms with E-state index in [9.17, 15) is 0 Å². The maximum Gasteiger partial charge on any atom is 0.225 e. The van der Waals surface area contributed by atoms with Gasteiger partial charge in [0.2, 0.25) is 5.02 Å². The molecule has 1 aliphatic rings. The molecule has 0 N–H and O–H groups in total. The van der Waals surface area contributed by atoms with Crippen LogP contribution in [0, 0.1) is 22.9 Å². The molecule has 1 aliphatic heterocycles. The molecule has 5 heteroatoms. The molecule has 0 radical (unpaired) electrons. The zero-order valence-corrected chi connectivity index (χ0v) is 17.5. The SMILES string of the molecule is N#Cc1ccc(N2CCN(Cc3ccccc3)C[C@H]2c2ccc([ClH+])cc2)c(Cl)c1. The lowest BCUT2D eigenvalue weighted by atomic mass is 10.0. The molecule has 0 spiro atoms. The van der Waals surface area contributed by atoms with Crippen LogP contribution in [-0.2, 0) is 6.54 Å². The molecule has 3 aromatic carbocycles. The number of nitriles is 1. The van der Waals surface area contributed by atoms with Crippen LogP contribution in [0.3, 0.4) is 0 Å². The molecule has 1 heterocycles. The average molecular weight is 423 g/mol. The molecule has 29 heavy (non-hydrogen) atoms. The fourth-order valence-corrected chi connectivity index (χ4v) is 4.32. The fourth-order valence-electron chi connectivity index (χ4n) is 3.90. The van der Waals surface area contributed by atoms with Crippen molar-refractivity contribution in [1.29, 1.82) is 5.26 Å². The Morgan fingerprint density at radius 3 is 2.45 bits per heavy atom. The van der Waals surface area contributed by atoms with Crippen molar-refractivity contribution in [1.82, 2.24) is 4.90 Å². The van der Waals surface area contributed by atoms with E-state index in [1.54, 1.807) is 6.07 Å². The molecule has 4 rings (SSSR count). The van der Waals surface area contributed by atoms with Gasteiger partial charge in [0.15, 0.2) is 11.6 Å². The van der Waals surface area contributed by atoms with Gasteiger partial charge in [0.25, 0.3) is 0 Å². The van der Waals surface area contributed by atoms with E-state index in [1.165, 1.54) is 11.1 Å². The van der Waals surface area contributed by atoms with Crippen LogP contribution in [0.25, 0.3) is 0 Å². The van der Waals surface area contributed by atoms with Crippen LogP contribution in [0.4, 0.5) is 5.69 Å². The first-order valence-electron chi connectivity index (χ1n) is 9.63. The second kappa shape index (κ2) is 8.88. The number of rotatable bonds is 4. The zero-order chi connectivity index (χ0) is 20.2. The standard InChI is InChI=1S/C24H22Cl2N3/c25-21-9-7-20(8-10-21)24-17-28(16-18-4-2-1-3-5-18)12-13-29(24)23-11-6-19(15-27)14-22(23)26/h1-11,14,24-25H,12-13,16-17H2/q+1/t24-/m0/s1. The highest BCUT2D eigenvalue weighted by molar-refractivity contribution is 6.33. The van der Waals surface area contributed by atoms with Crippen LogP contribution >= 0.6 is 11.6 Å². The van der Waals surface area contributed by atoms with Gasteiger partial charge in [-0.3, -0.25) is 4.90 Å². The van der Waals surface area contributed by atoms with E-state index < -0.39 is 0 Å². The van der Waals surface area contributed by atoms with Crippen molar-refractivity contribution in [3.05, 3.63) is 99.5 Å². The predicted octanol–water partition coefficient (Wildman–Crippen LogP) is 4.97. The lowest BCUT2D eigenvalue weighted by molar-refractivity contribution is -0.288. The molecule has 0 aliphatic carbocycles. The molecule has 1 fully saturated rings. The van der Waals surface area contributed by atoms with Gasteiger partial charge in [0, 0.05) is 38.3 Å². The quantitative estimate of drug-likeness (QED) is 0.594. The van der Waals surface area contributed by atoms with E-state index in [2.05, 4.69) is 52.3 Å². The average Bonchev–Trinajstić information content (AvgIpc) is 2.75. The van der Waals surface area contributed by atoms with Gasteiger partial charge in [-0.15, -0.1) is 0 Å². The smallest absolute Gasteiger partial charge is 0.225 e. The van der Waals surface area contributed by atoms with Gasteiger partial charge in [-0.05, 0) is 29.3 Å². The number of hydrogen-bond donors (Lipinski definition) is 0. The van der Waals surface area contributed by atoms with Crippen molar-refractivity contribution >= 4 is 17.3 Å². The summed E-state index contributed by atoms with van der Waals surface area (Å²) in [6.07, 6.45) is 0. The second-order valence-corrected chi connectivity index (χ2v) is 8.16. The normalized spacial score (nSPS) is 17.1. The van der Waals surface area contributed by atoms with Crippen molar-refractivity contribution in [3.63, 3.8) is 0 Å². The summed E-state index contributed by atoms with van der Waals surface area (Å²) in [6, 6.07) is 26.6. The van der Waals surface area contributed by atoms with E-state index >= 15 is 0 Å². The topological polar surface area (TPSA) is 30.3 Å². The van der Waals surface area contributed by atoms with Crippen LogP contribution in [0.5, 0.6) is 0 Å². The molecule has 0 amide bonds. The van der Waals surface area contributed by atoms with Gasteiger partial charge in [-0.1, -0.05) is 54.1 Å². The lowest BCUT2D eigenvalue weighted by Gasteiger charge is -2.43. The third-order valence-electron chi connectivity index (χ3n) is 5.36. The zero-order valence-electron chi connectivity index (χ0n) is 16.0. The molecule has 0 unspecified atom stereocenters. The van der Waals surface area contributed by atoms with E-state index in [1.807, 2.05) is 30.3 Å². The van der Waals surface area contributed by atoms with Gasteiger partial charge in [-0.25, -0.2) is 0 Å². The number of anilines is 1. The van der Waals surface area contributed by atoms with Crippen molar-refractivity contribution in [2.75, 3.05) is 24.5 Å². The van der Waals surface area contributed by atoms with E-state index in [0.29, 0.717) is 10.6 Å². The highest BCUT2D eigenvalue weighted by atomic mass is 35.5. The molecule has 0 bridgehead atoms. The summed E-state index contributed by atoms with van der Waals surface area (Å²) in [7, 11) is 0. The summed E-state index contributed by atoms with van der Waals surface area (Å²) in [5, 5.41) is 10.6. The summed E-state index contributed by atoms with van der Waals surface area (Å²) in [4.78, 5) is 4.83. The minimum Gasteiger partial charge on any atom is -0.361 e. The van der Waals surface area contributed by atoms with Crippen LogP contribution in [0.1, 0.15) is 22.7 Å². The summed E-state index contributed by atoms with van der Waals surface area (Å²) in [5.41, 5.74) is 4.08. The first kappa shape index (κ1) is 19.8. The Labute approximate surface area is 181 Å². The van der Waals surface area contributed by atoms with E-state index in [0.717, 1.165) is 36.9 Å². The molecular weight excluding hydrogens is 401 g/mol. The molecule has 3 aromatic rings. The van der Waals surface area contributed by atoms with Gasteiger partial charge in [0.05, 0.1) is 28.4 Å². The van der Waals surface area contributed by atoms with Crippen molar-refractivity contribution in [2.24, 2.45) is 0 Å². The summed E-state index contributed by atoms with van der Waals surface area (Å²) in [6.45, 7) is 3.62. The third kappa shape index (κ3) is 4.57. The number of halogens is 2. The Hall–Kier alpha value is -2.51. The Morgan fingerprint density at radius 2 is 1.76 bits per heavy atom. The van der Waals surface area contributed by atoms with E-state index in [-0.39, 0.29) is 6.04 Å². The summed E-state index contributed by atoms with van der Waals surface area (Å²) >= 11 is 11.8. The van der Waals surface area contributed by atoms with Gasteiger partial charge in [-0.2, -0.15) is 5.26 Å². The monoisotopic (exact) mass is 422 g/mol. The Bertz CT molecular complexity index is 1010. The molecule has 1 saturated heterocycles. The van der Waals surface area contributed by atoms with Crippen LogP contribution in [-0.4, -0.2) is 24.5 Å². The molecule has 146 valence electrons. The predicted molar refractivity (Wildman–Crippen MR) is 115 cm³/mol. The van der Waals surface area contributed by atoms with Crippen molar-refractivity contribution in [3.8, 4) is 6.07 Å². The Morgan fingerprint density at radius 1 is 1.00 bits per heavy atom. The highest BCUT2D eigenvalue weighted by Gasteiger charge is 2.30. The fraction of sp³-hybridized carbons (Fsp3) is 0.208. The molecular formula is C24H22Cl2N3+. The molecule has 1 atom stereocenters. The molecule has 0 saturated carbocycles. The maximum atomic E-state index is 9.16. The van der Waals surface area contributed by atoms with Crippen molar-refractivity contribution < 1.29 is 11.6 Å². The van der Waals surface area contributed by atoms with Gasteiger partial charge >= 0.3 is 0 Å². The second-order valence-electron chi connectivity index (χ2n) is 7.28. The van der Waals surface area contributed by atoms with Crippen LogP contribution in [0.15, 0.2) is 72.8 Å². The lowest BCUT2D eigenvalue weighted by Crippen LogP contribution is -2.48. The van der Waals surface area contributed by atoms with Gasteiger partial charge in [0.1, 0.15) is 0 Å². The number of benzene rings is 3. The first-order valence-corrected chi connectivity index (χ1v) is 10.4. The number of nitrogens with zero attached hydrogens (tertiary/aromatic N) is 3. The highest BCUT2D eigenvalue weighted by Crippen LogP contribution is 2.36. The Balaban J connectivity index is 1.64. The maximum absolute atomic E-state index is 9.16. The third-order valence-corrected chi connectivity index (χ3v) is 5.94. The van der Waals surface area contributed by atoms with Crippen LogP contribution < -0.4 is 4.90 Å². The van der Waals surface area contributed by atoms with E-state index in [4.69, 9.17) is 28.5 Å². The summed E-state index contributed by atoms with van der Waals surface area (Å²) in [5.74, 6) is 0. The Kier molecular flexibility index (Phi) is 6.06. The number of hydrogen-bond acceptors (Lipinski definition) is 3. The summed E-state index contributed by atoms with van der Waals surface area (Å²) < 4.78 is 0.